The third-order valence-electron chi connectivity index (χ3n) is 4.15. The molecule has 2 rings (SSSR count). The summed E-state index contributed by atoms with van der Waals surface area (Å²) in [5, 5.41) is 3.62. The fourth-order valence-corrected chi connectivity index (χ4v) is 2.76. The van der Waals surface area contributed by atoms with Gasteiger partial charge in [-0.25, -0.2) is 0 Å². The molecule has 0 aliphatic carbocycles. The van der Waals surface area contributed by atoms with E-state index >= 15 is 0 Å². The minimum atomic E-state index is -1.05. The lowest BCUT2D eigenvalue weighted by atomic mass is 10.0. The molecule has 0 saturated carbocycles. The molecule has 0 unspecified atom stereocenters. The smallest absolute Gasteiger partial charge is 0.264 e. The van der Waals surface area contributed by atoms with Crippen molar-refractivity contribution in [2.45, 2.75) is 46.3 Å². The minimum absolute atomic E-state index is 0.221. The molecule has 152 valence electrons. The van der Waals surface area contributed by atoms with E-state index in [4.69, 9.17) is 25.8 Å². The molecule has 2 aromatic carbocycles. The summed E-state index contributed by atoms with van der Waals surface area (Å²) in [5.41, 5.74) is -0.127. The van der Waals surface area contributed by atoms with Gasteiger partial charge in [0.15, 0.2) is 17.1 Å². The molecule has 0 aliphatic heterocycles. The first-order valence-corrected chi connectivity index (χ1v) is 9.79. The molecule has 6 heteroatoms. The van der Waals surface area contributed by atoms with Gasteiger partial charge in [0.25, 0.3) is 5.91 Å². The standard InChI is InChI=1S/C22H28ClNO4/c1-6-26-19-13-8-16(14-20(19)27-7-2)15(3)24-21(25)22(4,5)28-18-11-9-17(23)10-12-18/h8-15H,6-7H2,1-5H3,(H,24,25)/t15-/m0/s1. The molecule has 2 aromatic rings. The molecular weight excluding hydrogens is 378 g/mol. The molecule has 0 aliphatic rings. The third kappa shape index (κ3) is 5.80. The molecular formula is C22H28ClNO4. The highest BCUT2D eigenvalue weighted by atomic mass is 35.5. The van der Waals surface area contributed by atoms with E-state index in [1.54, 1.807) is 38.1 Å². The Hall–Kier alpha value is -2.40. The topological polar surface area (TPSA) is 56.8 Å². The van der Waals surface area contributed by atoms with Crippen LogP contribution in [0.25, 0.3) is 0 Å². The Kier molecular flexibility index (Phi) is 7.58. The maximum atomic E-state index is 12.8. The van der Waals surface area contributed by atoms with Crippen LogP contribution in [0.5, 0.6) is 17.2 Å². The number of halogens is 1. The van der Waals surface area contributed by atoms with E-state index < -0.39 is 5.60 Å². The van der Waals surface area contributed by atoms with E-state index in [0.29, 0.717) is 35.5 Å². The van der Waals surface area contributed by atoms with E-state index in [1.165, 1.54) is 0 Å². The predicted octanol–water partition coefficient (Wildman–Crippen LogP) is 5.17. The van der Waals surface area contributed by atoms with E-state index in [2.05, 4.69) is 5.32 Å². The van der Waals surface area contributed by atoms with Crippen LogP contribution < -0.4 is 19.5 Å². The number of rotatable bonds is 9. The van der Waals surface area contributed by atoms with Crippen molar-refractivity contribution in [1.82, 2.24) is 5.32 Å². The molecule has 1 amide bonds. The number of carbonyl (C=O) groups excluding carboxylic acids is 1. The highest BCUT2D eigenvalue weighted by Gasteiger charge is 2.31. The first-order valence-electron chi connectivity index (χ1n) is 9.42. The second-order valence-electron chi connectivity index (χ2n) is 6.83. The maximum Gasteiger partial charge on any atom is 0.264 e. The molecule has 28 heavy (non-hydrogen) atoms. The van der Waals surface area contributed by atoms with Crippen LogP contribution >= 0.6 is 11.6 Å². The normalized spacial score (nSPS) is 12.2. The van der Waals surface area contributed by atoms with Gasteiger partial charge >= 0.3 is 0 Å². The molecule has 0 aromatic heterocycles. The fourth-order valence-electron chi connectivity index (χ4n) is 2.63. The predicted molar refractivity (Wildman–Crippen MR) is 111 cm³/mol. The first kappa shape index (κ1) is 21.9. The Balaban J connectivity index is 2.09. The summed E-state index contributed by atoms with van der Waals surface area (Å²) in [6, 6.07) is 12.4. The Morgan fingerprint density at radius 1 is 1.04 bits per heavy atom. The van der Waals surface area contributed by atoms with Crippen LogP contribution in [0.15, 0.2) is 42.5 Å². The number of hydrogen-bond acceptors (Lipinski definition) is 4. The Bertz CT molecular complexity index is 790. The van der Waals surface area contributed by atoms with Crippen LogP contribution in [0.4, 0.5) is 0 Å². The quantitative estimate of drug-likeness (QED) is 0.625. The summed E-state index contributed by atoms with van der Waals surface area (Å²) in [4.78, 5) is 12.8. The summed E-state index contributed by atoms with van der Waals surface area (Å²) < 4.78 is 17.1. The van der Waals surface area contributed by atoms with E-state index in [-0.39, 0.29) is 11.9 Å². The molecule has 1 atom stereocenters. The number of hydrogen-bond donors (Lipinski definition) is 1. The summed E-state index contributed by atoms with van der Waals surface area (Å²) >= 11 is 5.89. The molecule has 0 radical (unpaired) electrons. The van der Waals surface area contributed by atoms with Gasteiger partial charge in [0, 0.05) is 5.02 Å². The Labute approximate surface area is 171 Å². The number of carbonyl (C=O) groups is 1. The minimum Gasteiger partial charge on any atom is -0.490 e. The average molecular weight is 406 g/mol. The number of benzene rings is 2. The van der Waals surface area contributed by atoms with Crippen LogP contribution in [0.2, 0.25) is 5.02 Å². The van der Waals surface area contributed by atoms with Crippen molar-refractivity contribution in [1.29, 1.82) is 0 Å². The fraction of sp³-hybridized carbons (Fsp3) is 0.409. The van der Waals surface area contributed by atoms with Gasteiger partial charge in [-0.3, -0.25) is 4.79 Å². The van der Waals surface area contributed by atoms with Gasteiger partial charge in [-0.05, 0) is 76.6 Å². The van der Waals surface area contributed by atoms with Crippen LogP contribution in [0.3, 0.4) is 0 Å². The van der Waals surface area contributed by atoms with Gasteiger partial charge in [0.2, 0.25) is 0 Å². The Morgan fingerprint density at radius 3 is 2.25 bits per heavy atom. The number of ether oxygens (including phenoxy) is 3. The molecule has 5 nitrogen and oxygen atoms in total. The van der Waals surface area contributed by atoms with Crippen molar-refractivity contribution >= 4 is 17.5 Å². The van der Waals surface area contributed by atoms with E-state index in [0.717, 1.165) is 5.56 Å². The summed E-state index contributed by atoms with van der Waals surface area (Å²) in [5.74, 6) is 1.72. The SMILES string of the molecule is CCOc1ccc([C@H](C)NC(=O)C(C)(C)Oc2ccc(Cl)cc2)cc1OCC. The van der Waals surface area contributed by atoms with Gasteiger partial charge in [-0.1, -0.05) is 17.7 Å². The number of amides is 1. The lowest BCUT2D eigenvalue weighted by Gasteiger charge is -2.27. The highest BCUT2D eigenvalue weighted by molar-refractivity contribution is 6.30. The van der Waals surface area contributed by atoms with Crippen molar-refractivity contribution in [2.75, 3.05) is 13.2 Å². The highest BCUT2D eigenvalue weighted by Crippen LogP contribution is 2.31. The summed E-state index contributed by atoms with van der Waals surface area (Å²) in [6.07, 6.45) is 0. The number of nitrogens with one attached hydrogen (secondary N) is 1. The van der Waals surface area contributed by atoms with Crippen LogP contribution in [-0.2, 0) is 4.79 Å². The lowest BCUT2D eigenvalue weighted by molar-refractivity contribution is -0.134. The lowest BCUT2D eigenvalue weighted by Crippen LogP contribution is -2.47. The zero-order chi connectivity index (χ0) is 20.7. The van der Waals surface area contributed by atoms with Crippen molar-refractivity contribution in [3.05, 3.63) is 53.1 Å². The van der Waals surface area contributed by atoms with Crippen LogP contribution in [0.1, 0.15) is 46.2 Å². The van der Waals surface area contributed by atoms with Crippen molar-refractivity contribution < 1.29 is 19.0 Å². The largest absolute Gasteiger partial charge is 0.490 e. The monoisotopic (exact) mass is 405 g/mol. The molecule has 1 N–H and O–H groups in total. The van der Waals surface area contributed by atoms with Crippen LogP contribution in [0, 0.1) is 0 Å². The third-order valence-corrected chi connectivity index (χ3v) is 4.40. The molecule has 0 spiro atoms. The van der Waals surface area contributed by atoms with Gasteiger partial charge < -0.3 is 19.5 Å². The summed E-state index contributed by atoms with van der Waals surface area (Å²) in [6.45, 7) is 10.3. The second-order valence-corrected chi connectivity index (χ2v) is 7.27. The van der Waals surface area contributed by atoms with Crippen molar-refractivity contribution in [2.24, 2.45) is 0 Å². The second kappa shape index (κ2) is 9.69. The van der Waals surface area contributed by atoms with E-state index in [1.807, 2.05) is 39.0 Å². The van der Waals surface area contributed by atoms with E-state index in [9.17, 15) is 4.79 Å². The summed E-state index contributed by atoms with van der Waals surface area (Å²) in [7, 11) is 0. The van der Waals surface area contributed by atoms with Crippen molar-refractivity contribution in [3.8, 4) is 17.2 Å². The van der Waals surface area contributed by atoms with Crippen LogP contribution in [-0.4, -0.2) is 24.7 Å². The zero-order valence-corrected chi connectivity index (χ0v) is 17.8. The van der Waals surface area contributed by atoms with Gasteiger partial charge in [0.1, 0.15) is 5.75 Å². The van der Waals surface area contributed by atoms with Gasteiger partial charge in [-0.15, -0.1) is 0 Å². The Morgan fingerprint density at radius 2 is 1.64 bits per heavy atom. The zero-order valence-electron chi connectivity index (χ0n) is 17.0. The first-order chi connectivity index (χ1) is 13.3. The molecule has 0 saturated heterocycles. The molecule has 0 heterocycles. The maximum absolute atomic E-state index is 12.8. The van der Waals surface area contributed by atoms with Gasteiger partial charge in [-0.2, -0.15) is 0 Å². The molecule has 0 bridgehead atoms. The van der Waals surface area contributed by atoms with Crippen molar-refractivity contribution in [3.63, 3.8) is 0 Å². The average Bonchev–Trinajstić information content (AvgIpc) is 2.65. The van der Waals surface area contributed by atoms with Gasteiger partial charge in [0.05, 0.1) is 19.3 Å². The molecule has 0 fully saturated rings.